The van der Waals surface area contributed by atoms with E-state index >= 15 is 0 Å². The van der Waals surface area contributed by atoms with Gasteiger partial charge in [-0.3, -0.25) is 4.79 Å². The molecule has 0 saturated carbocycles. The number of likely N-dealkylation sites (N-methyl/N-ethyl adjacent to an activating group) is 1. The number of amides is 1. The van der Waals surface area contributed by atoms with Crippen LogP contribution in [0.3, 0.4) is 0 Å². The SMILES string of the molecule is [2H]N1CCN(C)C(=O)C1. The van der Waals surface area contributed by atoms with Crippen molar-refractivity contribution in [1.82, 2.24) is 10.2 Å². The van der Waals surface area contributed by atoms with Crippen molar-refractivity contribution in [1.29, 1.82) is 0 Å². The first-order valence-corrected chi connectivity index (χ1v) is 2.68. The summed E-state index contributed by atoms with van der Waals surface area (Å²) in [6, 6.07) is 0. The standard InChI is InChI=1S/C5H10N2O/c1-7-3-2-6-4-5(7)8/h6H,2-4H2,1H3/i/hD. The minimum absolute atomic E-state index is 0.0382. The molecule has 1 heterocycles. The van der Waals surface area contributed by atoms with Gasteiger partial charge in [0.05, 0.1) is 6.54 Å². The predicted octanol–water partition coefficient (Wildman–Crippen LogP) is -0.952. The summed E-state index contributed by atoms with van der Waals surface area (Å²) < 4.78 is 7.08. The lowest BCUT2D eigenvalue weighted by Crippen LogP contribution is -2.45. The molecule has 3 nitrogen and oxygen atoms in total. The quantitative estimate of drug-likeness (QED) is 0.441. The van der Waals surface area contributed by atoms with E-state index in [0.29, 0.717) is 13.1 Å². The lowest BCUT2D eigenvalue weighted by molar-refractivity contribution is -0.130. The number of piperazine rings is 1. The Morgan fingerprint density at radius 1 is 2.00 bits per heavy atom. The van der Waals surface area contributed by atoms with Crippen LogP contribution in [0.5, 0.6) is 0 Å². The molecule has 0 aliphatic carbocycles. The van der Waals surface area contributed by atoms with Gasteiger partial charge in [-0.15, -0.1) is 0 Å². The first-order chi connectivity index (χ1) is 4.20. The van der Waals surface area contributed by atoms with Crippen molar-refractivity contribution in [2.24, 2.45) is 0 Å². The van der Waals surface area contributed by atoms with Gasteiger partial charge in [0, 0.05) is 20.1 Å². The highest BCUT2D eigenvalue weighted by Crippen LogP contribution is 1.86. The van der Waals surface area contributed by atoms with Gasteiger partial charge in [-0.05, 0) is 0 Å². The second-order valence-corrected chi connectivity index (χ2v) is 1.92. The molecule has 1 aliphatic rings. The van der Waals surface area contributed by atoms with Gasteiger partial charge in [-0.1, -0.05) is 0 Å². The van der Waals surface area contributed by atoms with Crippen molar-refractivity contribution in [3.63, 3.8) is 0 Å². The van der Waals surface area contributed by atoms with Gasteiger partial charge in [0.15, 0.2) is 0 Å². The van der Waals surface area contributed by atoms with E-state index in [9.17, 15) is 4.79 Å². The fraction of sp³-hybridized carbons (Fsp3) is 0.800. The molecule has 0 spiro atoms. The summed E-state index contributed by atoms with van der Waals surface area (Å²) in [7, 11) is 1.76. The van der Waals surface area contributed by atoms with Crippen LogP contribution in [0.4, 0.5) is 0 Å². The van der Waals surface area contributed by atoms with Crippen LogP contribution < -0.4 is 5.31 Å². The Morgan fingerprint density at radius 2 is 2.75 bits per heavy atom. The predicted molar refractivity (Wildman–Crippen MR) is 30.5 cm³/mol. The minimum atomic E-state index is 0.0382. The number of nitrogens with one attached hydrogen (secondary N) is 1. The van der Waals surface area contributed by atoms with Gasteiger partial charge in [-0.2, -0.15) is 0 Å². The average molecular weight is 115 g/mol. The van der Waals surface area contributed by atoms with Crippen LogP contribution in [0.25, 0.3) is 0 Å². The summed E-state index contributed by atoms with van der Waals surface area (Å²) in [5, 5.41) is 1.28. The molecule has 0 aromatic heterocycles. The zero-order valence-electron chi connectivity index (χ0n) is 5.92. The van der Waals surface area contributed by atoms with E-state index in [4.69, 9.17) is 1.41 Å². The van der Waals surface area contributed by atoms with E-state index in [1.807, 2.05) is 0 Å². The zero-order chi connectivity index (χ0) is 6.85. The molecule has 46 valence electrons. The number of rotatable bonds is 0. The Balaban J connectivity index is 2.44. The smallest absolute Gasteiger partial charge is 0.236 e. The Bertz CT molecular complexity index is 128. The summed E-state index contributed by atoms with van der Waals surface area (Å²) in [5.74, 6) is 0.0382. The maximum atomic E-state index is 10.8. The molecule has 8 heavy (non-hydrogen) atoms. The number of carbonyl (C=O) groups is 1. The van der Waals surface area contributed by atoms with Crippen molar-refractivity contribution in [2.75, 3.05) is 26.7 Å². The summed E-state index contributed by atoms with van der Waals surface area (Å²) in [6.07, 6.45) is 0. The van der Waals surface area contributed by atoms with Gasteiger partial charge >= 0.3 is 0 Å². The highest BCUT2D eigenvalue weighted by molar-refractivity contribution is 5.78. The third-order valence-electron chi connectivity index (χ3n) is 1.27. The molecule has 1 fully saturated rings. The lowest BCUT2D eigenvalue weighted by atomic mass is 10.4. The van der Waals surface area contributed by atoms with Crippen LogP contribution in [0.1, 0.15) is 0 Å². The fourth-order valence-electron chi connectivity index (χ4n) is 0.641. The van der Waals surface area contributed by atoms with Crippen LogP contribution in [0, 0.1) is 0 Å². The summed E-state index contributed by atoms with van der Waals surface area (Å²) >= 11 is 0. The van der Waals surface area contributed by atoms with E-state index in [2.05, 4.69) is 0 Å². The molecule has 1 aliphatic heterocycles. The van der Waals surface area contributed by atoms with Crippen molar-refractivity contribution < 1.29 is 6.21 Å². The Kier molecular flexibility index (Phi) is 1.15. The molecular formula is C5H10N2O. The van der Waals surface area contributed by atoms with E-state index in [0.717, 1.165) is 0 Å². The van der Waals surface area contributed by atoms with Crippen LogP contribution in [-0.4, -0.2) is 37.5 Å². The number of hydrogen-bond acceptors (Lipinski definition) is 2. The Labute approximate surface area is 50.1 Å². The molecule has 0 aromatic rings. The Hall–Kier alpha value is -0.570. The molecule has 1 saturated heterocycles. The van der Waals surface area contributed by atoms with Crippen molar-refractivity contribution in [3.8, 4) is 0 Å². The second kappa shape index (κ2) is 2.13. The molecule has 1 amide bonds. The van der Waals surface area contributed by atoms with Crippen molar-refractivity contribution in [3.05, 3.63) is 0 Å². The molecular weight excluding hydrogens is 104 g/mol. The molecule has 0 unspecified atom stereocenters. The van der Waals surface area contributed by atoms with Crippen LogP contribution in [0.2, 0.25) is 1.41 Å². The van der Waals surface area contributed by atoms with E-state index < -0.39 is 0 Å². The zero-order valence-corrected chi connectivity index (χ0v) is 4.92. The monoisotopic (exact) mass is 115 g/mol. The highest BCUT2D eigenvalue weighted by Gasteiger charge is 2.11. The second-order valence-electron chi connectivity index (χ2n) is 1.92. The topological polar surface area (TPSA) is 32.3 Å². The van der Waals surface area contributed by atoms with Crippen LogP contribution in [-0.2, 0) is 4.79 Å². The minimum Gasteiger partial charge on any atom is -0.343 e. The molecule has 0 atom stereocenters. The lowest BCUT2D eigenvalue weighted by Gasteiger charge is -2.22. The van der Waals surface area contributed by atoms with Crippen LogP contribution in [0.15, 0.2) is 0 Å². The average Bonchev–Trinajstić information content (AvgIpc) is 1.80. The van der Waals surface area contributed by atoms with Gasteiger partial charge < -0.3 is 10.2 Å². The third kappa shape index (κ3) is 0.980. The fourth-order valence-corrected chi connectivity index (χ4v) is 0.641. The summed E-state index contributed by atoms with van der Waals surface area (Å²) in [6.45, 7) is 1.60. The molecule has 1 N–H and O–H groups in total. The first kappa shape index (κ1) is 4.32. The molecule has 3 heteroatoms. The maximum absolute atomic E-state index is 10.8. The molecule has 0 radical (unpaired) electrons. The van der Waals surface area contributed by atoms with Crippen LogP contribution >= 0.6 is 0 Å². The van der Waals surface area contributed by atoms with Gasteiger partial charge in [-0.25, -0.2) is 0 Å². The maximum Gasteiger partial charge on any atom is 0.236 e. The highest BCUT2D eigenvalue weighted by atomic mass is 16.2. The van der Waals surface area contributed by atoms with Gasteiger partial charge in [0.2, 0.25) is 5.91 Å². The molecule has 0 bridgehead atoms. The van der Waals surface area contributed by atoms with Gasteiger partial charge in [0.1, 0.15) is 1.41 Å². The van der Waals surface area contributed by atoms with Crippen molar-refractivity contribution >= 4 is 5.91 Å². The van der Waals surface area contributed by atoms with Crippen molar-refractivity contribution in [2.45, 2.75) is 0 Å². The normalized spacial score (nSPS) is 25.9. The first-order valence-electron chi connectivity index (χ1n) is 3.12. The van der Waals surface area contributed by atoms with E-state index in [1.54, 1.807) is 11.9 Å². The van der Waals surface area contributed by atoms with Gasteiger partial charge in [0.25, 0.3) is 0 Å². The largest absolute Gasteiger partial charge is 0.343 e. The number of nitrogens with zero attached hydrogens (tertiary/aromatic N) is 1. The Morgan fingerprint density at radius 3 is 3.25 bits per heavy atom. The molecule has 1 rings (SSSR count). The van der Waals surface area contributed by atoms with E-state index in [-0.39, 0.29) is 12.5 Å². The summed E-state index contributed by atoms with van der Waals surface area (Å²) in [5.41, 5.74) is 0. The van der Waals surface area contributed by atoms with E-state index in [1.165, 1.54) is 5.31 Å². The number of hydrogen-bond donors (Lipinski definition) is 1. The molecule has 0 aromatic carbocycles. The third-order valence-corrected chi connectivity index (χ3v) is 1.27. The number of carbonyl (C=O) groups excluding carboxylic acids is 1. The summed E-state index contributed by atoms with van der Waals surface area (Å²) in [4.78, 5) is 12.4.